The number of halogens is 1. The fourth-order valence-electron chi connectivity index (χ4n) is 1.32. The number of unbranched alkanes of at least 4 members (excludes halogenated alkanes) is 4. The van der Waals surface area contributed by atoms with E-state index in [0.717, 1.165) is 26.3 Å². The fraction of sp³-hybridized carbons (Fsp3) is 1.00. The van der Waals surface area contributed by atoms with Crippen molar-refractivity contribution in [1.29, 1.82) is 0 Å². The molecule has 0 spiro atoms. The van der Waals surface area contributed by atoms with Crippen LogP contribution in [-0.4, -0.2) is 30.7 Å². The van der Waals surface area contributed by atoms with Gasteiger partial charge in [-0.05, 0) is 30.2 Å². The molecule has 0 aliphatic heterocycles. The van der Waals surface area contributed by atoms with E-state index >= 15 is 0 Å². The van der Waals surface area contributed by atoms with Gasteiger partial charge in [-0.1, -0.05) is 48.8 Å². The van der Waals surface area contributed by atoms with Crippen molar-refractivity contribution in [3.63, 3.8) is 0 Å². The van der Waals surface area contributed by atoms with Crippen molar-refractivity contribution in [2.75, 3.05) is 30.7 Å². The zero-order chi connectivity index (χ0) is 11.2. The molecule has 1 N–H and O–H groups in total. The molecular weight excluding hydrogens is 301 g/mol. The largest absolute Gasteiger partial charge is 0.380 e. The summed E-state index contributed by atoms with van der Waals surface area (Å²) in [6.07, 6.45) is 7.86. The summed E-state index contributed by atoms with van der Waals surface area (Å²) in [6.45, 7) is 6.15. The molecule has 0 aliphatic rings. The van der Waals surface area contributed by atoms with E-state index in [-0.39, 0.29) is 0 Å². The summed E-state index contributed by atoms with van der Waals surface area (Å²) >= 11 is 2.45. The van der Waals surface area contributed by atoms with Gasteiger partial charge in [0.1, 0.15) is 0 Å². The Morgan fingerprint density at radius 2 is 1.73 bits per heavy atom. The molecule has 0 saturated carbocycles. The summed E-state index contributed by atoms with van der Waals surface area (Å²) in [5, 5.41) is 3.41. The van der Waals surface area contributed by atoms with Crippen molar-refractivity contribution in [2.24, 2.45) is 0 Å². The van der Waals surface area contributed by atoms with Gasteiger partial charge in [0.2, 0.25) is 0 Å². The molecule has 0 radical (unpaired) electrons. The predicted octanol–water partition coefficient (Wildman–Crippen LogP) is 3.39. The Labute approximate surface area is 109 Å². The van der Waals surface area contributed by atoms with Crippen LogP contribution in [0.1, 0.15) is 45.4 Å². The molecule has 0 fully saturated rings. The predicted molar refractivity (Wildman–Crippen MR) is 76.0 cm³/mol. The third kappa shape index (κ3) is 14.7. The van der Waals surface area contributed by atoms with Gasteiger partial charge >= 0.3 is 0 Å². The molecule has 15 heavy (non-hydrogen) atoms. The van der Waals surface area contributed by atoms with Crippen LogP contribution < -0.4 is 5.32 Å². The van der Waals surface area contributed by atoms with Gasteiger partial charge in [-0.15, -0.1) is 0 Å². The number of nitrogens with one attached hydrogen (secondary N) is 1. The standard InChI is InChI=1S/C12H26INO/c1-2-3-11-15-12-10-14-9-7-5-4-6-8-13/h14H,2-12H2,1H3. The minimum Gasteiger partial charge on any atom is -0.380 e. The third-order valence-corrected chi connectivity index (χ3v) is 3.07. The Morgan fingerprint density at radius 3 is 2.47 bits per heavy atom. The van der Waals surface area contributed by atoms with Crippen LogP contribution in [0.2, 0.25) is 0 Å². The van der Waals surface area contributed by atoms with Gasteiger partial charge in [0.05, 0.1) is 6.61 Å². The van der Waals surface area contributed by atoms with E-state index in [9.17, 15) is 0 Å². The van der Waals surface area contributed by atoms with Crippen LogP contribution >= 0.6 is 22.6 Å². The van der Waals surface area contributed by atoms with Crippen molar-refractivity contribution in [3.05, 3.63) is 0 Å². The van der Waals surface area contributed by atoms with Crippen molar-refractivity contribution in [3.8, 4) is 0 Å². The normalized spacial score (nSPS) is 10.8. The van der Waals surface area contributed by atoms with Crippen LogP contribution in [-0.2, 0) is 4.74 Å². The van der Waals surface area contributed by atoms with E-state index in [1.807, 2.05) is 0 Å². The van der Waals surface area contributed by atoms with Gasteiger partial charge in [0.15, 0.2) is 0 Å². The number of hydrogen-bond donors (Lipinski definition) is 1. The van der Waals surface area contributed by atoms with Gasteiger partial charge < -0.3 is 10.1 Å². The number of ether oxygens (including phenoxy) is 1. The third-order valence-electron chi connectivity index (χ3n) is 2.30. The summed E-state index contributed by atoms with van der Waals surface area (Å²) in [5.74, 6) is 0. The summed E-state index contributed by atoms with van der Waals surface area (Å²) in [4.78, 5) is 0. The fourth-order valence-corrected chi connectivity index (χ4v) is 1.86. The van der Waals surface area contributed by atoms with Crippen molar-refractivity contribution >= 4 is 22.6 Å². The smallest absolute Gasteiger partial charge is 0.0590 e. The lowest BCUT2D eigenvalue weighted by molar-refractivity contribution is 0.133. The van der Waals surface area contributed by atoms with E-state index < -0.39 is 0 Å². The Balaban J connectivity index is 2.81. The highest BCUT2D eigenvalue weighted by atomic mass is 127. The highest BCUT2D eigenvalue weighted by Crippen LogP contribution is 2.00. The molecule has 0 aliphatic carbocycles. The van der Waals surface area contributed by atoms with Crippen LogP contribution in [0.25, 0.3) is 0 Å². The van der Waals surface area contributed by atoms with Crippen LogP contribution in [0.4, 0.5) is 0 Å². The van der Waals surface area contributed by atoms with Crippen LogP contribution in [0, 0.1) is 0 Å². The maximum Gasteiger partial charge on any atom is 0.0590 e. The highest BCUT2D eigenvalue weighted by Gasteiger charge is 1.90. The SMILES string of the molecule is CCCCOCCNCCCCCCI. The molecule has 0 bridgehead atoms. The second-order valence-corrected chi connectivity index (χ2v) is 4.90. The molecule has 0 amide bonds. The van der Waals surface area contributed by atoms with Gasteiger partial charge in [0, 0.05) is 13.2 Å². The van der Waals surface area contributed by atoms with E-state index in [1.165, 1.54) is 43.0 Å². The Kier molecular flexibility index (Phi) is 15.3. The number of rotatable bonds is 12. The lowest BCUT2D eigenvalue weighted by Gasteiger charge is -2.05. The van der Waals surface area contributed by atoms with Crippen LogP contribution in [0.5, 0.6) is 0 Å². The molecule has 2 nitrogen and oxygen atoms in total. The van der Waals surface area contributed by atoms with Gasteiger partial charge in [-0.3, -0.25) is 0 Å². The molecule has 0 rings (SSSR count). The van der Waals surface area contributed by atoms with Crippen molar-refractivity contribution in [1.82, 2.24) is 5.32 Å². The quantitative estimate of drug-likeness (QED) is 0.337. The first-order valence-corrected chi connectivity index (χ1v) is 7.78. The molecule has 0 aromatic heterocycles. The van der Waals surface area contributed by atoms with Gasteiger partial charge in [-0.25, -0.2) is 0 Å². The maximum atomic E-state index is 5.46. The molecular formula is C12H26INO. The molecule has 0 atom stereocenters. The summed E-state index contributed by atoms with van der Waals surface area (Å²) in [5.41, 5.74) is 0. The summed E-state index contributed by atoms with van der Waals surface area (Å²) in [7, 11) is 0. The van der Waals surface area contributed by atoms with E-state index in [4.69, 9.17) is 4.74 Å². The van der Waals surface area contributed by atoms with Crippen LogP contribution in [0.15, 0.2) is 0 Å². The lowest BCUT2D eigenvalue weighted by atomic mass is 10.2. The van der Waals surface area contributed by atoms with Gasteiger partial charge in [-0.2, -0.15) is 0 Å². The second-order valence-electron chi connectivity index (χ2n) is 3.82. The molecule has 0 unspecified atom stereocenters. The van der Waals surface area contributed by atoms with Gasteiger partial charge in [0.25, 0.3) is 0 Å². The average Bonchev–Trinajstić information content (AvgIpc) is 2.26. The average molecular weight is 327 g/mol. The Hall–Kier alpha value is 0.650. The first kappa shape index (κ1) is 15.7. The minimum absolute atomic E-state index is 0.869. The molecule has 0 heterocycles. The Morgan fingerprint density at radius 1 is 0.933 bits per heavy atom. The maximum absolute atomic E-state index is 5.46. The molecule has 0 saturated heterocycles. The minimum atomic E-state index is 0.869. The highest BCUT2D eigenvalue weighted by molar-refractivity contribution is 14.1. The van der Waals surface area contributed by atoms with E-state index in [0.29, 0.717) is 0 Å². The first-order chi connectivity index (χ1) is 7.41. The topological polar surface area (TPSA) is 21.3 Å². The van der Waals surface area contributed by atoms with E-state index in [2.05, 4.69) is 34.8 Å². The van der Waals surface area contributed by atoms with E-state index in [1.54, 1.807) is 0 Å². The summed E-state index contributed by atoms with van der Waals surface area (Å²) in [6, 6.07) is 0. The Bertz CT molecular complexity index is 99.8. The number of alkyl halides is 1. The zero-order valence-corrected chi connectivity index (χ0v) is 12.2. The number of hydrogen-bond acceptors (Lipinski definition) is 2. The lowest BCUT2D eigenvalue weighted by Crippen LogP contribution is -2.21. The molecule has 3 heteroatoms. The molecule has 0 aromatic carbocycles. The zero-order valence-electron chi connectivity index (χ0n) is 10.1. The molecule has 0 aromatic rings. The summed E-state index contributed by atoms with van der Waals surface area (Å²) < 4.78 is 6.76. The second kappa shape index (κ2) is 14.6. The monoisotopic (exact) mass is 327 g/mol. The van der Waals surface area contributed by atoms with Crippen LogP contribution in [0.3, 0.4) is 0 Å². The van der Waals surface area contributed by atoms with Crippen molar-refractivity contribution < 1.29 is 4.74 Å². The first-order valence-electron chi connectivity index (χ1n) is 6.26. The van der Waals surface area contributed by atoms with Crippen molar-refractivity contribution in [2.45, 2.75) is 45.4 Å². The molecule has 92 valence electrons.